The fourth-order valence-corrected chi connectivity index (χ4v) is 2.74. The van der Waals surface area contributed by atoms with Crippen LogP contribution in [0.1, 0.15) is 44.4 Å². The van der Waals surface area contributed by atoms with Gasteiger partial charge in [-0.25, -0.2) is 0 Å². The number of aryl methyl sites for hydroxylation is 1. The van der Waals surface area contributed by atoms with Crippen LogP contribution in [0, 0.1) is 6.92 Å². The van der Waals surface area contributed by atoms with Gasteiger partial charge in [0.1, 0.15) is 5.54 Å². The summed E-state index contributed by atoms with van der Waals surface area (Å²) < 4.78 is 0. The molecular formula is C16H22N2O2. The SMILES string of the molecule is Cc1ccccc1C(C)N1CCC(=O)NC(C)(C)C1=O. The standard InChI is InChI=1S/C16H22N2O2/c1-11-7-5-6-8-13(11)12(2)18-10-9-14(19)17-16(3,4)15(18)20/h5-8,12H,9-10H2,1-4H3,(H,17,19). The normalized spacial score (nSPS) is 20.3. The third-order valence-electron chi connectivity index (χ3n) is 3.93. The van der Waals surface area contributed by atoms with E-state index in [0.717, 1.165) is 11.1 Å². The third kappa shape index (κ3) is 2.69. The first-order chi connectivity index (χ1) is 9.33. The summed E-state index contributed by atoms with van der Waals surface area (Å²) in [5.41, 5.74) is 1.45. The number of nitrogens with one attached hydrogen (secondary N) is 1. The van der Waals surface area contributed by atoms with Crippen LogP contribution >= 0.6 is 0 Å². The van der Waals surface area contributed by atoms with E-state index in [4.69, 9.17) is 0 Å². The summed E-state index contributed by atoms with van der Waals surface area (Å²) in [5.74, 6) is -0.0954. The van der Waals surface area contributed by atoms with E-state index in [0.29, 0.717) is 13.0 Å². The van der Waals surface area contributed by atoms with Gasteiger partial charge in [0.2, 0.25) is 11.8 Å². The van der Waals surface area contributed by atoms with E-state index in [1.165, 1.54) is 0 Å². The average Bonchev–Trinajstić information content (AvgIpc) is 2.47. The minimum atomic E-state index is -0.843. The van der Waals surface area contributed by atoms with Crippen molar-refractivity contribution in [3.63, 3.8) is 0 Å². The van der Waals surface area contributed by atoms with Gasteiger partial charge in [0.15, 0.2) is 0 Å². The van der Waals surface area contributed by atoms with Gasteiger partial charge in [-0.1, -0.05) is 24.3 Å². The van der Waals surface area contributed by atoms with Crippen molar-refractivity contribution in [2.75, 3.05) is 6.54 Å². The zero-order valence-electron chi connectivity index (χ0n) is 12.6. The first-order valence-electron chi connectivity index (χ1n) is 7.00. The van der Waals surface area contributed by atoms with Crippen molar-refractivity contribution in [1.29, 1.82) is 0 Å². The van der Waals surface area contributed by atoms with Crippen LogP contribution < -0.4 is 5.32 Å². The lowest BCUT2D eigenvalue weighted by atomic mass is 9.98. The highest BCUT2D eigenvalue weighted by Crippen LogP contribution is 2.27. The molecule has 1 aliphatic rings. The second-order valence-electron chi connectivity index (χ2n) is 5.95. The summed E-state index contributed by atoms with van der Waals surface area (Å²) in [7, 11) is 0. The van der Waals surface area contributed by atoms with Crippen LogP contribution in [0.3, 0.4) is 0 Å². The number of carbonyl (C=O) groups excluding carboxylic acids is 2. The molecule has 0 saturated carbocycles. The van der Waals surface area contributed by atoms with Crippen LogP contribution in [-0.2, 0) is 9.59 Å². The molecule has 0 bridgehead atoms. The van der Waals surface area contributed by atoms with E-state index in [1.807, 2.05) is 38.1 Å². The monoisotopic (exact) mass is 274 g/mol. The Bertz CT molecular complexity index is 537. The maximum atomic E-state index is 12.6. The van der Waals surface area contributed by atoms with Crippen molar-refractivity contribution in [2.45, 2.75) is 45.7 Å². The lowest BCUT2D eigenvalue weighted by molar-refractivity contribution is -0.139. The van der Waals surface area contributed by atoms with E-state index in [9.17, 15) is 9.59 Å². The zero-order chi connectivity index (χ0) is 14.9. The van der Waals surface area contributed by atoms with Crippen molar-refractivity contribution >= 4 is 11.8 Å². The molecule has 4 heteroatoms. The van der Waals surface area contributed by atoms with Gasteiger partial charge in [-0.2, -0.15) is 0 Å². The Kier molecular flexibility index (Phi) is 3.84. The van der Waals surface area contributed by atoms with Crippen molar-refractivity contribution in [1.82, 2.24) is 10.2 Å². The maximum Gasteiger partial charge on any atom is 0.248 e. The Hall–Kier alpha value is -1.84. The second kappa shape index (κ2) is 5.27. The molecular weight excluding hydrogens is 252 g/mol. The van der Waals surface area contributed by atoms with Gasteiger partial charge >= 0.3 is 0 Å². The topological polar surface area (TPSA) is 49.4 Å². The highest BCUT2D eigenvalue weighted by atomic mass is 16.2. The quantitative estimate of drug-likeness (QED) is 0.898. The zero-order valence-corrected chi connectivity index (χ0v) is 12.6. The molecule has 1 saturated heterocycles. The molecule has 2 rings (SSSR count). The van der Waals surface area contributed by atoms with Crippen LogP contribution in [0.2, 0.25) is 0 Å². The molecule has 1 N–H and O–H groups in total. The highest BCUT2D eigenvalue weighted by molar-refractivity contribution is 5.93. The summed E-state index contributed by atoms with van der Waals surface area (Å²) in [6, 6.07) is 8.03. The summed E-state index contributed by atoms with van der Waals surface area (Å²) in [6.45, 7) is 8.05. The van der Waals surface area contributed by atoms with Gasteiger partial charge in [-0.3, -0.25) is 9.59 Å². The molecule has 1 aromatic carbocycles. The fourth-order valence-electron chi connectivity index (χ4n) is 2.74. The summed E-state index contributed by atoms with van der Waals surface area (Å²) in [4.78, 5) is 26.2. The Morgan fingerprint density at radius 2 is 1.90 bits per heavy atom. The molecule has 1 aliphatic heterocycles. The number of hydrogen-bond donors (Lipinski definition) is 1. The first-order valence-corrected chi connectivity index (χ1v) is 7.00. The first kappa shape index (κ1) is 14.6. The molecule has 1 aromatic rings. The van der Waals surface area contributed by atoms with Crippen molar-refractivity contribution in [2.24, 2.45) is 0 Å². The van der Waals surface area contributed by atoms with Crippen LogP contribution in [-0.4, -0.2) is 28.8 Å². The molecule has 0 aliphatic carbocycles. The molecule has 0 spiro atoms. The van der Waals surface area contributed by atoms with Gasteiger partial charge in [0, 0.05) is 13.0 Å². The Morgan fingerprint density at radius 1 is 1.25 bits per heavy atom. The largest absolute Gasteiger partial charge is 0.342 e. The van der Waals surface area contributed by atoms with Crippen molar-refractivity contribution in [3.8, 4) is 0 Å². The van der Waals surface area contributed by atoms with Crippen LogP contribution in [0.25, 0.3) is 0 Å². The summed E-state index contributed by atoms with van der Waals surface area (Å²) >= 11 is 0. The minimum Gasteiger partial charge on any atom is -0.342 e. The predicted molar refractivity (Wildman–Crippen MR) is 78.1 cm³/mol. The molecule has 108 valence electrons. The van der Waals surface area contributed by atoms with Gasteiger partial charge in [0.05, 0.1) is 6.04 Å². The van der Waals surface area contributed by atoms with E-state index in [-0.39, 0.29) is 17.9 Å². The van der Waals surface area contributed by atoms with Crippen molar-refractivity contribution in [3.05, 3.63) is 35.4 Å². The number of carbonyl (C=O) groups is 2. The van der Waals surface area contributed by atoms with E-state index in [2.05, 4.69) is 5.32 Å². The van der Waals surface area contributed by atoms with Crippen LogP contribution in [0.15, 0.2) is 24.3 Å². The molecule has 1 heterocycles. The minimum absolute atomic E-state index is 0.0286. The molecule has 1 unspecified atom stereocenters. The predicted octanol–water partition coefficient (Wildman–Crippen LogP) is 2.18. The molecule has 20 heavy (non-hydrogen) atoms. The van der Waals surface area contributed by atoms with Gasteiger partial charge in [-0.15, -0.1) is 0 Å². The smallest absolute Gasteiger partial charge is 0.248 e. The van der Waals surface area contributed by atoms with E-state index in [1.54, 1.807) is 18.7 Å². The highest BCUT2D eigenvalue weighted by Gasteiger charge is 2.38. The van der Waals surface area contributed by atoms with Gasteiger partial charge in [0.25, 0.3) is 0 Å². The van der Waals surface area contributed by atoms with Gasteiger partial charge < -0.3 is 10.2 Å². The maximum absolute atomic E-state index is 12.6. The van der Waals surface area contributed by atoms with E-state index < -0.39 is 5.54 Å². The molecule has 2 amide bonds. The number of hydrogen-bond acceptors (Lipinski definition) is 2. The second-order valence-corrected chi connectivity index (χ2v) is 5.95. The Morgan fingerprint density at radius 3 is 2.55 bits per heavy atom. The number of amides is 2. The number of nitrogens with zero attached hydrogens (tertiary/aromatic N) is 1. The van der Waals surface area contributed by atoms with Gasteiger partial charge in [-0.05, 0) is 38.8 Å². The van der Waals surface area contributed by atoms with E-state index >= 15 is 0 Å². The molecule has 0 aromatic heterocycles. The van der Waals surface area contributed by atoms with Crippen LogP contribution in [0.4, 0.5) is 0 Å². The number of benzene rings is 1. The molecule has 0 radical (unpaired) electrons. The lowest BCUT2D eigenvalue weighted by Crippen LogP contribution is -2.53. The third-order valence-corrected chi connectivity index (χ3v) is 3.93. The molecule has 1 fully saturated rings. The number of rotatable bonds is 2. The Labute approximate surface area is 120 Å². The van der Waals surface area contributed by atoms with Crippen molar-refractivity contribution < 1.29 is 9.59 Å². The average molecular weight is 274 g/mol. The lowest BCUT2D eigenvalue weighted by Gasteiger charge is -2.34. The molecule has 1 atom stereocenters. The molecule has 4 nitrogen and oxygen atoms in total. The van der Waals surface area contributed by atoms with Crippen LogP contribution in [0.5, 0.6) is 0 Å². The summed E-state index contributed by atoms with van der Waals surface area (Å²) in [6.07, 6.45) is 0.353. The fraction of sp³-hybridized carbons (Fsp3) is 0.500. The Balaban J connectivity index is 2.33. The summed E-state index contributed by atoms with van der Waals surface area (Å²) in [5, 5.41) is 2.79.